The highest BCUT2D eigenvalue weighted by atomic mass is 32.7. The fraction of sp³-hybridized carbons (Fsp3) is 0.737. The normalized spacial score (nSPS) is 28.9. The first-order valence-corrected chi connectivity index (χ1v) is 31.2. The minimum absolute atomic E-state index is 0.0671. The number of amides is 1. The number of carbonyl (C=O) groups is 1. The zero-order valence-electron chi connectivity index (χ0n) is 38.6. The fourth-order valence-corrected chi connectivity index (χ4v) is 21.8. The van der Waals surface area contributed by atoms with Crippen LogP contribution in [0.3, 0.4) is 0 Å². The van der Waals surface area contributed by atoms with Crippen LogP contribution in [-0.2, 0) is 57.1 Å². The monoisotopic (exact) mass is 1030 g/mol. The molecular weight excluding hydrogens is 973 g/mol. The third-order valence-corrected chi connectivity index (χ3v) is 25.5. The Hall–Kier alpha value is -2.58. The lowest BCUT2D eigenvalue weighted by Gasteiger charge is -2.47. The van der Waals surface area contributed by atoms with Gasteiger partial charge in [-0.2, -0.15) is 14.9 Å². The third kappa shape index (κ3) is 11.9. The minimum Gasteiger partial charge on any atom is -0.474 e. The van der Waals surface area contributed by atoms with Gasteiger partial charge in [0, 0.05) is 30.5 Å². The molecule has 2 bridgehead atoms. The van der Waals surface area contributed by atoms with Crippen molar-refractivity contribution >= 4 is 77.7 Å². The summed E-state index contributed by atoms with van der Waals surface area (Å²) >= 11 is 10.6. The van der Waals surface area contributed by atoms with Crippen molar-refractivity contribution in [2.75, 3.05) is 25.1 Å². The first-order valence-electron chi connectivity index (χ1n) is 22.0. The highest BCUT2D eigenvalue weighted by Gasteiger charge is 2.60. The van der Waals surface area contributed by atoms with E-state index in [2.05, 4.69) is 53.9 Å². The van der Waals surface area contributed by atoms with Crippen LogP contribution in [0.25, 0.3) is 11.2 Å². The van der Waals surface area contributed by atoms with Crippen molar-refractivity contribution < 1.29 is 54.8 Å². The van der Waals surface area contributed by atoms with Gasteiger partial charge < -0.3 is 31.9 Å². The third-order valence-electron chi connectivity index (χ3n) is 11.8. The number of fused-ring (bicyclic) bond motifs is 4. The van der Waals surface area contributed by atoms with Crippen LogP contribution in [0.1, 0.15) is 94.7 Å². The fourth-order valence-electron chi connectivity index (χ4n) is 8.16. The molecule has 2 saturated heterocycles. The van der Waals surface area contributed by atoms with E-state index < -0.39 is 97.3 Å². The van der Waals surface area contributed by atoms with Gasteiger partial charge >= 0.3 is 30.6 Å². The summed E-state index contributed by atoms with van der Waals surface area (Å²) in [5, 5.41) is 20.6. The standard InChI is InChI=1S/C38H61N9O13P2S2Si2/c1-21(2)35(48)43-38-42-34-31(36(49)44-38)45-46-47(34)37-33-32(59-66(24(7)8,25(9)10)60-65(51,22(3)4)23(5)6)29(56-37)19-53-61(50,63)57-28-17-27(55-30-12-14-40-20-41-30)16-26(28)18-54-62(64,58-33)52-15-11-13-39/h12,14,20-29,32-33,37,51H,11,15-19H2,1-10H3,(H,50,63)(H2,42,43,44,48,49)/t26-,27-,28+,29-,32-,33-,37-,61-,62-/m1/s1. The smallest absolute Gasteiger partial charge is 0.386 e. The van der Waals surface area contributed by atoms with Crippen molar-refractivity contribution in [1.82, 2.24) is 34.9 Å². The molecule has 366 valence electrons. The second-order valence-corrected chi connectivity index (χ2v) is 32.5. The van der Waals surface area contributed by atoms with Gasteiger partial charge in [-0.05, 0) is 40.4 Å². The summed E-state index contributed by atoms with van der Waals surface area (Å²) in [5.41, 5.74) is -2.10. The number of ether oxygens (including phenoxy) is 2. The first kappa shape index (κ1) is 52.8. The van der Waals surface area contributed by atoms with Crippen molar-refractivity contribution in [1.29, 1.82) is 5.26 Å². The van der Waals surface area contributed by atoms with Gasteiger partial charge in [-0.3, -0.25) is 33.5 Å². The molecule has 1 saturated carbocycles. The summed E-state index contributed by atoms with van der Waals surface area (Å²) in [4.78, 5) is 53.8. The topological polar surface area (TPSA) is 276 Å². The quantitative estimate of drug-likeness (QED) is 0.0510. The molecule has 3 fully saturated rings. The number of anilines is 1. The van der Waals surface area contributed by atoms with E-state index >= 15 is 0 Å². The molecule has 5 heterocycles. The Labute approximate surface area is 396 Å². The van der Waals surface area contributed by atoms with Gasteiger partial charge in [0.15, 0.2) is 17.4 Å². The second-order valence-electron chi connectivity index (χ2n) is 18.1. The number of nitrogens with zero attached hydrogens (tertiary/aromatic N) is 7. The van der Waals surface area contributed by atoms with Gasteiger partial charge in [-0.1, -0.05) is 86.7 Å². The van der Waals surface area contributed by atoms with Crippen molar-refractivity contribution in [2.24, 2.45) is 11.8 Å². The Kier molecular flexibility index (Phi) is 17.3. The molecule has 0 aromatic carbocycles. The molecule has 0 unspecified atom stereocenters. The van der Waals surface area contributed by atoms with Crippen LogP contribution in [0.2, 0.25) is 22.2 Å². The van der Waals surface area contributed by atoms with Crippen LogP contribution in [0.5, 0.6) is 5.88 Å². The van der Waals surface area contributed by atoms with Crippen molar-refractivity contribution in [3.63, 3.8) is 0 Å². The summed E-state index contributed by atoms with van der Waals surface area (Å²) in [6, 6.07) is 3.67. The number of nitrogens with one attached hydrogen (secondary N) is 2. The van der Waals surface area contributed by atoms with Crippen LogP contribution >= 0.6 is 25.8 Å². The summed E-state index contributed by atoms with van der Waals surface area (Å²) in [6.07, 6.45) is -3.04. The maximum atomic E-state index is 14.3. The molecule has 9 atom stereocenters. The van der Waals surface area contributed by atoms with Crippen LogP contribution in [-0.4, -0.2) is 113 Å². The summed E-state index contributed by atoms with van der Waals surface area (Å²) < 4.78 is 75.0. The van der Waals surface area contributed by atoms with E-state index in [1.165, 1.54) is 11.0 Å². The SMILES string of the molecule is CC(C)C(=O)Nc1nc2c(nnn2[C@@H]2O[C@@H]3CO[P@@](=O)(S)O[C@H]4C[C@H](Oc5ccncn5)C[C@@H]4CO[P@](=S)(OCCC#N)O[C@@H]2[C@@H]3O[Si](O[Si](O)(C(C)C)C(C)C)(C(C)C)C(C)C)c(=O)[nH]1. The van der Waals surface area contributed by atoms with Gasteiger partial charge in [0.1, 0.15) is 30.7 Å². The average Bonchev–Trinajstić information content (AvgIpc) is 3.93. The Balaban J connectivity index is 1.51. The lowest BCUT2D eigenvalue weighted by molar-refractivity contribution is -0.118. The van der Waals surface area contributed by atoms with Gasteiger partial charge in [0.25, 0.3) is 5.56 Å². The van der Waals surface area contributed by atoms with E-state index in [0.29, 0.717) is 12.3 Å². The highest BCUT2D eigenvalue weighted by molar-refractivity contribution is 8.44. The Bertz CT molecular complexity index is 2350. The Morgan fingerprint density at radius 3 is 2.41 bits per heavy atom. The van der Waals surface area contributed by atoms with Crippen LogP contribution in [0.4, 0.5) is 5.95 Å². The zero-order valence-corrected chi connectivity index (χ0v) is 44.1. The molecule has 28 heteroatoms. The van der Waals surface area contributed by atoms with Gasteiger partial charge in [-0.15, -0.1) is 5.10 Å². The Morgan fingerprint density at radius 2 is 1.79 bits per heavy atom. The summed E-state index contributed by atoms with van der Waals surface area (Å²) in [6.45, 7) is 9.86. The highest BCUT2D eigenvalue weighted by Crippen LogP contribution is 2.60. The van der Waals surface area contributed by atoms with Crippen LogP contribution < -0.4 is 15.6 Å². The predicted molar refractivity (Wildman–Crippen MR) is 251 cm³/mol. The number of aromatic nitrogens is 7. The molecule has 0 radical (unpaired) electrons. The van der Waals surface area contributed by atoms with E-state index in [0.717, 1.165) is 0 Å². The molecule has 3 N–H and O–H groups in total. The molecule has 2 aliphatic heterocycles. The molecule has 0 spiro atoms. The van der Waals surface area contributed by atoms with Crippen molar-refractivity contribution in [3.8, 4) is 11.9 Å². The maximum absolute atomic E-state index is 14.3. The molecule has 1 amide bonds. The number of H-pyrrole nitrogens is 1. The molecule has 6 rings (SSSR count). The number of hydrogen-bond donors (Lipinski definition) is 4. The number of thiol groups is 1. The van der Waals surface area contributed by atoms with E-state index in [9.17, 15) is 24.2 Å². The average molecular weight is 1030 g/mol. The molecule has 3 aromatic heterocycles. The zero-order chi connectivity index (χ0) is 48.4. The van der Waals surface area contributed by atoms with Crippen molar-refractivity contribution in [2.45, 2.75) is 147 Å². The Morgan fingerprint density at radius 1 is 1.08 bits per heavy atom. The number of hydrogen-bond acceptors (Lipinski definition) is 20. The number of nitriles is 1. The number of aromatic amines is 1. The lowest BCUT2D eigenvalue weighted by atomic mass is 10.1. The minimum atomic E-state index is -4.24. The van der Waals surface area contributed by atoms with Crippen LogP contribution in [0, 0.1) is 23.2 Å². The molecule has 1 aliphatic carbocycles. The molecule has 66 heavy (non-hydrogen) atoms. The van der Waals surface area contributed by atoms with E-state index in [4.69, 9.17) is 52.4 Å². The van der Waals surface area contributed by atoms with E-state index in [1.807, 2.05) is 55.4 Å². The summed E-state index contributed by atoms with van der Waals surface area (Å²) in [5.74, 6) is -1.23. The maximum Gasteiger partial charge on any atom is 0.386 e. The molecule has 3 aliphatic rings. The van der Waals surface area contributed by atoms with E-state index in [1.54, 1.807) is 26.1 Å². The van der Waals surface area contributed by atoms with Gasteiger partial charge in [0.05, 0.1) is 38.4 Å². The second kappa shape index (κ2) is 21.6. The number of rotatable bonds is 16. The van der Waals surface area contributed by atoms with Crippen LogP contribution in [0.15, 0.2) is 23.4 Å². The molecular formula is C38H61N9O13P2S2Si2. The molecule has 3 aromatic rings. The summed E-state index contributed by atoms with van der Waals surface area (Å²) in [7, 11) is -7.25. The number of carbonyl (C=O) groups excluding carboxylic acids is 1. The van der Waals surface area contributed by atoms with E-state index in [-0.39, 0.29) is 65.3 Å². The van der Waals surface area contributed by atoms with Crippen molar-refractivity contribution in [3.05, 3.63) is 28.9 Å². The van der Waals surface area contributed by atoms with Gasteiger partial charge in [0.2, 0.25) is 17.7 Å². The first-order chi connectivity index (χ1) is 31.0. The largest absolute Gasteiger partial charge is 0.474 e. The molecule has 22 nitrogen and oxygen atoms in total. The van der Waals surface area contributed by atoms with Gasteiger partial charge in [-0.25, -0.2) is 14.5 Å². The predicted octanol–water partition coefficient (Wildman–Crippen LogP) is 6.58. The lowest BCUT2D eigenvalue weighted by Crippen LogP contribution is -2.62.